The smallest absolute Gasteiger partial charge is 0.348 e. The van der Waals surface area contributed by atoms with Gasteiger partial charge in [0.15, 0.2) is 0 Å². The average Bonchev–Trinajstić information content (AvgIpc) is 2.97. The molecule has 1 heterocycles. The molecular formula is C17H16FNO6S. The van der Waals surface area contributed by atoms with Gasteiger partial charge in [-0.3, -0.25) is 4.79 Å². The molecule has 0 radical (unpaired) electrons. The van der Waals surface area contributed by atoms with Crippen molar-refractivity contribution in [2.24, 2.45) is 0 Å². The molecule has 2 aromatic rings. The molecular weight excluding hydrogens is 365 g/mol. The maximum absolute atomic E-state index is 12.9. The first-order valence-corrected chi connectivity index (χ1v) is 8.16. The molecule has 0 aliphatic rings. The van der Waals surface area contributed by atoms with Gasteiger partial charge in [0, 0.05) is 5.56 Å². The molecule has 7 nitrogen and oxygen atoms in total. The molecule has 0 saturated heterocycles. The fraction of sp³-hybridized carbons (Fsp3) is 0.235. The molecule has 0 bridgehead atoms. The van der Waals surface area contributed by atoms with Crippen LogP contribution in [-0.2, 0) is 32.0 Å². The fourth-order valence-corrected chi connectivity index (χ4v) is 3.16. The Hall–Kier alpha value is -2.94. The van der Waals surface area contributed by atoms with Crippen LogP contribution in [0, 0.1) is 5.82 Å². The summed E-state index contributed by atoms with van der Waals surface area (Å²) < 4.78 is 27.4. The number of hydrogen-bond acceptors (Lipinski definition) is 8. The second-order valence-corrected chi connectivity index (χ2v) is 6.15. The minimum atomic E-state index is -0.751. The standard InChI is InChI=1S/C17H16FNO6S/c1-23-16(21)13-11(14(17(22)24-2)26-15(13)19)8-25-12(20)7-9-3-5-10(18)6-4-9/h3-6H,7-8,19H2,1-2H3. The van der Waals surface area contributed by atoms with Crippen LogP contribution in [0.5, 0.6) is 0 Å². The lowest BCUT2D eigenvalue weighted by molar-refractivity contribution is -0.144. The van der Waals surface area contributed by atoms with Gasteiger partial charge < -0.3 is 19.9 Å². The Balaban J connectivity index is 2.18. The van der Waals surface area contributed by atoms with Crippen LogP contribution in [0.3, 0.4) is 0 Å². The molecule has 1 aromatic carbocycles. The summed E-state index contributed by atoms with van der Waals surface area (Å²) in [4.78, 5) is 35.9. The van der Waals surface area contributed by atoms with Gasteiger partial charge in [0.05, 0.1) is 20.6 Å². The third-order valence-electron chi connectivity index (χ3n) is 3.43. The van der Waals surface area contributed by atoms with Gasteiger partial charge in [-0.2, -0.15) is 0 Å². The summed E-state index contributed by atoms with van der Waals surface area (Å²) >= 11 is 0.844. The summed E-state index contributed by atoms with van der Waals surface area (Å²) in [6.07, 6.45) is -0.0962. The quantitative estimate of drug-likeness (QED) is 0.605. The molecule has 138 valence electrons. The predicted octanol–water partition coefficient (Wildman–Crippen LogP) is 2.33. The number of hydrogen-bond donors (Lipinski definition) is 1. The van der Waals surface area contributed by atoms with Crippen molar-refractivity contribution in [1.29, 1.82) is 0 Å². The lowest BCUT2D eigenvalue weighted by Crippen LogP contribution is -2.13. The van der Waals surface area contributed by atoms with Gasteiger partial charge >= 0.3 is 17.9 Å². The number of carbonyl (C=O) groups is 3. The van der Waals surface area contributed by atoms with E-state index in [4.69, 9.17) is 10.5 Å². The molecule has 0 amide bonds. The normalized spacial score (nSPS) is 10.3. The number of ether oxygens (including phenoxy) is 3. The predicted molar refractivity (Wildman–Crippen MR) is 91.3 cm³/mol. The zero-order valence-electron chi connectivity index (χ0n) is 14.0. The van der Waals surface area contributed by atoms with E-state index < -0.39 is 23.7 Å². The van der Waals surface area contributed by atoms with Gasteiger partial charge in [-0.25, -0.2) is 14.0 Å². The third-order valence-corrected chi connectivity index (χ3v) is 4.48. The van der Waals surface area contributed by atoms with E-state index in [0.717, 1.165) is 11.3 Å². The first-order chi connectivity index (χ1) is 12.4. The lowest BCUT2D eigenvalue weighted by atomic mass is 10.1. The third kappa shape index (κ3) is 4.37. The summed E-state index contributed by atoms with van der Waals surface area (Å²) in [5, 5.41) is 0.0573. The Morgan fingerprint density at radius 3 is 2.27 bits per heavy atom. The average molecular weight is 381 g/mol. The van der Waals surface area contributed by atoms with Crippen molar-refractivity contribution in [3.63, 3.8) is 0 Å². The highest BCUT2D eigenvalue weighted by Gasteiger charge is 2.28. The van der Waals surface area contributed by atoms with E-state index in [2.05, 4.69) is 9.47 Å². The van der Waals surface area contributed by atoms with E-state index in [1.54, 1.807) is 0 Å². The van der Waals surface area contributed by atoms with Gasteiger partial charge in [-0.05, 0) is 17.7 Å². The number of carbonyl (C=O) groups excluding carboxylic acids is 3. The van der Waals surface area contributed by atoms with Gasteiger partial charge in [0.25, 0.3) is 0 Å². The topological polar surface area (TPSA) is 105 Å². The molecule has 1 aromatic heterocycles. The van der Waals surface area contributed by atoms with Crippen molar-refractivity contribution in [1.82, 2.24) is 0 Å². The SMILES string of the molecule is COC(=O)c1sc(N)c(C(=O)OC)c1COC(=O)Cc1ccc(F)cc1. The van der Waals surface area contributed by atoms with Crippen LogP contribution in [0.4, 0.5) is 9.39 Å². The number of methoxy groups -OCH3 is 2. The number of nitrogen functional groups attached to an aromatic ring is 1. The molecule has 0 atom stereocenters. The summed E-state index contributed by atoms with van der Waals surface area (Å²) in [6.45, 7) is -0.359. The highest BCUT2D eigenvalue weighted by atomic mass is 32.1. The molecule has 0 aliphatic carbocycles. The van der Waals surface area contributed by atoms with Crippen molar-refractivity contribution >= 4 is 34.2 Å². The maximum Gasteiger partial charge on any atom is 0.348 e. The van der Waals surface area contributed by atoms with Gasteiger partial charge in [-0.15, -0.1) is 11.3 Å². The largest absolute Gasteiger partial charge is 0.465 e. The molecule has 2 N–H and O–H groups in total. The first-order valence-electron chi connectivity index (χ1n) is 7.35. The van der Waals surface area contributed by atoms with Crippen LogP contribution in [0.1, 0.15) is 31.2 Å². The number of benzene rings is 1. The molecule has 9 heteroatoms. The Morgan fingerprint density at radius 2 is 1.69 bits per heavy atom. The van der Waals surface area contributed by atoms with Crippen molar-refractivity contribution in [2.75, 3.05) is 20.0 Å². The van der Waals surface area contributed by atoms with Crippen LogP contribution in [0.2, 0.25) is 0 Å². The van der Waals surface area contributed by atoms with Gasteiger partial charge in [0.1, 0.15) is 27.9 Å². The zero-order valence-corrected chi connectivity index (χ0v) is 14.9. The number of anilines is 1. The Bertz CT molecular complexity index is 831. The number of halogens is 1. The van der Waals surface area contributed by atoms with Crippen LogP contribution >= 0.6 is 11.3 Å². The van der Waals surface area contributed by atoms with E-state index in [9.17, 15) is 18.8 Å². The van der Waals surface area contributed by atoms with E-state index in [-0.39, 0.29) is 34.0 Å². The second kappa shape index (κ2) is 8.43. The maximum atomic E-state index is 12.9. The Morgan fingerprint density at radius 1 is 1.08 bits per heavy atom. The van der Waals surface area contributed by atoms with Gasteiger partial charge in [-0.1, -0.05) is 12.1 Å². The summed E-state index contributed by atoms with van der Waals surface area (Å²) in [7, 11) is 2.35. The number of nitrogens with two attached hydrogens (primary N) is 1. The van der Waals surface area contributed by atoms with Crippen molar-refractivity contribution < 1.29 is 33.0 Å². The van der Waals surface area contributed by atoms with E-state index >= 15 is 0 Å². The minimum Gasteiger partial charge on any atom is -0.465 e. The van der Waals surface area contributed by atoms with E-state index in [1.165, 1.54) is 38.5 Å². The number of thiophene rings is 1. The monoisotopic (exact) mass is 381 g/mol. The highest BCUT2D eigenvalue weighted by Crippen LogP contribution is 2.33. The number of esters is 3. The lowest BCUT2D eigenvalue weighted by Gasteiger charge is -2.08. The first kappa shape index (κ1) is 19.4. The molecule has 0 aliphatic heterocycles. The van der Waals surface area contributed by atoms with Crippen LogP contribution in [0.25, 0.3) is 0 Å². The molecule has 0 spiro atoms. The highest BCUT2D eigenvalue weighted by molar-refractivity contribution is 7.18. The Kier molecular flexibility index (Phi) is 6.29. The minimum absolute atomic E-state index is 0.0347. The van der Waals surface area contributed by atoms with E-state index in [1.807, 2.05) is 0 Å². The van der Waals surface area contributed by atoms with E-state index in [0.29, 0.717) is 5.56 Å². The summed E-state index contributed by atoms with van der Waals surface area (Å²) in [6, 6.07) is 5.37. The molecule has 0 saturated carbocycles. The summed E-state index contributed by atoms with van der Waals surface area (Å²) in [5.74, 6) is -2.49. The summed E-state index contributed by atoms with van der Waals surface area (Å²) in [5.41, 5.74) is 6.44. The molecule has 2 rings (SSSR count). The van der Waals surface area contributed by atoms with Crippen LogP contribution in [0.15, 0.2) is 24.3 Å². The second-order valence-electron chi connectivity index (χ2n) is 5.10. The molecule has 0 fully saturated rings. The van der Waals surface area contributed by atoms with Gasteiger partial charge in [0.2, 0.25) is 0 Å². The van der Waals surface area contributed by atoms with Crippen LogP contribution in [-0.4, -0.2) is 32.1 Å². The fourth-order valence-electron chi connectivity index (χ4n) is 2.18. The molecule has 0 unspecified atom stereocenters. The Labute approximate surface area is 152 Å². The van der Waals surface area contributed by atoms with Crippen molar-refractivity contribution in [3.8, 4) is 0 Å². The zero-order chi connectivity index (χ0) is 19.3. The van der Waals surface area contributed by atoms with Crippen LogP contribution < -0.4 is 5.73 Å². The number of rotatable bonds is 6. The van der Waals surface area contributed by atoms with Crippen molar-refractivity contribution in [2.45, 2.75) is 13.0 Å². The molecule has 26 heavy (non-hydrogen) atoms. The van der Waals surface area contributed by atoms with Crippen molar-refractivity contribution in [3.05, 3.63) is 51.7 Å².